The maximum absolute atomic E-state index is 5.14. The Balaban J connectivity index is 3.20. The van der Waals surface area contributed by atoms with Gasteiger partial charge in [0.2, 0.25) is 0 Å². The highest BCUT2D eigenvalue weighted by Crippen LogP contribution is 2.11. The number of hydrogen-bond donors (Lipinski definition) is 0. The molecule has 0 unspecified atom stereocenters. The normalized spacial score (nSPS) is 8.44. The summed E-state index contributed by atoms with van der Waals surface area (Å²) >= 11 is 3.25. The second kappa shape index (κ2) is 2.65. The summed E-state index contributed by atoms with van der Waals surface area (Å²) in [5.41, 5.74) is 0.838. The topological polar surface area (TPSA) is 12.9 Å². The molecule has 0 spiro atoms. The van der Waals surface area contributed by atoms with Crippen molar-refractivity contribution in [1.29, 1.82) is 0 Å². The number of rotatable bonds is 0. The zero-order valence-electron chi connectivity index (χ0n) is 4.63. The van der Waals surface area contributed by atoms with Crippen molar-refractivity contribution < 1.29 is 0 Å². The van der Waals surface area contributed by atoms with Gasteiger partial charge in [-0.05, 0) is 22.0 Å². The molecule has 0 aromatic carbocycles. The molecular formula is C7H4BrN. The predicted octanol–water partition coefficient (Wildman–Crippen LogP) is 1.83. The molecule has 1 nitrogen and oxygen atoms in total. The highest BCUT2D eigenvalue weighted by Gasteiger charge is 1.90. The summed E-state index contributed by atoms with van der Waals surface area (Å²) in [5.74, 6) is 2.51. The van der Waals surface area contributed by atoms with E-state index in [1.807, 2.05) is 0 Å². The average Bonchev–Trinajstić information content (AvgIpc) is 1.89. The molecule has 1 aromatic heterocycles. The molecule has 1 heterocycles. The Morgan fingerprint density at radius 1 is 1.67 bits per heavy atom. The molecule has 0 atom stereocenters. The van der Waals surface area contributed by atoms with Crippen LogP contribution in [0.15, 0.2) is 22.9 Å². The van der Waals surface area contributed by atoms with Crippen LogP contribution in [0.25, 0.3) is 0 Å². The maximum Gasteiger partial charge on any atom is 0.0515 e. The molecule has 1 rings (SSSR count). The van der Waals surface area contributed by atoms with E-state index in [4.69, 9.17) is 6.42 Å². The van der Waals surface area contributed by atoms with Crippen LogP contribution in [-0.2, 0) is 0 Å². The second-order valence-electron chi connectivity index (χ2n) is 1.50. The van der Waals surface area contributed by atoms with Gasteiger partial charge in [-0.15, -0.1) is 6.42 Å². The average molecular weight is 182 g/mol. The van der Waals surface area contributed by atoms with Crippen LogP contribution in [-0.4, -0.2) is 4.98 Å². The minimum absolute atomic E-state index is 0.838. The number of hydrogen-bond acceptors (Lipinski definition) is 1. The van der Waals surface area contributed by atoms with Gasteiger partial charge in [0, 0.05) is 18.0 Å². The number of pyridine rings is 1. The van der Waals surface area contributed by atoms with Gasteiger partial charge in [-0.3, -0.25) is 4.98 Å². The van der Waals surface area contributed by atoms with Crippen LogP contribution in [0, 0.1) is 12.3 Å². The van der Waals surface area contributed by atoms with Gasteiger partial charge in [-0.25, -0.2) is 0 Å². The third-order valence-corrected chi connectivity index (χ3v) is 1.56. The first-order chi connectivity index (χ1) is 4.34. The Bertz CT molecular complexity index is 249. The minimum atomic E-state index is 0.838. The van der Waals surface area contributed by atoms with E-state index >= 15 is 0 Å². The molecule has 2 heteroatoms. The second-order valence-corrected chi connectivity index (χ2v) is 2.35. The van der Waals surface area contributed by atoms with Crippen molar-refractivity contribution in [3.63, 3.8) is 0 Å². The molecule has 0 bridgehead atoms. The van der Waals surface area contributed by atoms with Crippen molar-refractivity contribution in [2.75, 3.05) is 0 Å². The van der Waals surface area contributed by atoms with Gasteiger partial charge in [0.05, 0.1) is 4.47 Å². The van der Waals surface area contributed by atoms with Crippen LogP contribution in [0.1, 0.15) is 5.56 Å². The molecule has 0 aliphatic heterocycles. The van der Waals surface area contributed by atoms with Gasteiger partial charge in [-0.2, -0.15) is 0 Å². The molecule has 0 aliphatic rings. The van der Waals surface area contributed by atoms with Crippen LogP contribution in [0.5, 0.6) is 0 Å². The molecular weight excluding hydrogens is 178 g/mol. The molecule has 0 radical (unpaired) electrons. The van der Waals surface area contributed by atoms with E-state index in [9.17, 15) is 0 Å². The van der Waals surface area contributed by atoms with Crippen LogP contribution < -0.4 is 0 Å². The Labute approximate surface area is 62.2 Å². The number of halogens is 1. The Morgan fingerprint density at radius 3 is 2.89 bits per heavy atom. The fourth-order valence-electron chi connectivity index (χ4n) is 0.492. The molecule has 0 saturated heterocycles. The first kappa shape index (κ1) is 6.31. The van der Waals surface area contributed by atoms with Crippen LogP contribution >= 0.6 is 15.9 Å². The summed E-state index contributed by atoms with van der Waals surface area (Å²) in [7, 11) is 0. The maximum atomic E-state index is 5.14. The molecule has 1 aromatic rings. The van der Waals surface area contributed by atoms with E-state index in [0.29, 0.717) is 0 Å². The van der Waals surface area contributed by atoms with Crippen molar-refractivity contribution in [2.24, 2.45) is 0 Å². The monoisotopic (exact) mass is 181 g/mol. The molecule has 9 heavy (non-hydrogen) atoms. The Kier molecular flexibility index (Phi) is 1.86. The summed E-state index contributed by atoms with van der Waals surface area (Å²) in [5, 5.41) is 0. The van der Waals surface area contributed by atoms with Gasteiger partial charge >= 0.3 is 0 Å². The van der Waals surface area contributed by atoms with E-state index in [1.165, 1.54) is 0 Å². The third-order valence-electron chi connectivity index (χ3n) is 0.928. The van der Waals surface area contributed by atoms with Gasteiger partial charge in [-0.1, -0.05) is 5.92 Å². The van der Waals surface area contributed by atoms with E-state index in [2.05, 4.69) is 26.8 Å². The summed E-state index contributed by atoms with van der Waals surface area (Å²) in [6, 6.07) is 1.78. The SMILES string of the molecule is C#Cc1ccncc1Br. The van der Waals surface area contributed by atoms with Crippen molar-refractivity contribution >= 4 is 15.9 Å². The lowest BCUT2D eigenvalue weighted by molar-refractivity contribution is 1.30. The first-order valence-corrected chi connectivity index (χ1v) is 3.20. The van der Waals surface area contributed by atoms with Crippen LogP contribution in [0.4, 0.5) is 0 Å². The third kappa shape index (κ3) is 1.30. The first-order valence-electron chi connectivity index (χ1n) is 2.40. The van der Waals surface area contributed by atoms with Gasteiger partial charge in [0.15, 0.2) is 0 Å². The van der Waals surface area contributed by atoms with Crippen molar-refractivity contribution in [2.45, 2.75) is 0 Å². The number of aromatic nitrogens is 1. The summed E-state index contributed by atoms with van der Waals surface area (Å²) in [6.45, 7) is 0. The van der Waals surface area contributed by atoms with E-state index in [1.54, 1.807) is 18.5 Å². The summed E-state index contributed by atoms with van der Waals surface area (Å²) in [4.78, 5) is 3.85. The fourth-order valence-corrected chi connectivity index (χ4v) is 0.857. The van der Waals surface area contributed by atoms with Crippen molar-refractivity contribution in [3.05, 3.63) is 28.5 Å². The number of terminal acetylenes is 1. The van der Waals surface area contributed by atoms with Crippen molar-refractivity contribution in [3.8, 4) is 12.3 Å². The van der Waals surface area contributed by atoms with Gasteiger partial charge < -0.3 is 0 Å². The zero-order valence-corrected chi connectivity index (χ0v) is 6.22. The largest absolute Gasteiger partial charge is 0.263 e. The zero-order chi connectivity index (χ0) is 6.69. The molecule has 0 fully saturated rings. The van der Waals surface area contributed by atoms with Gasteiger partial charge in [0.1, 0.15) is 0 Å². The highest BCUT2D eigenvalue weighted by atomic mass is 79.9. The van der Waals surface area contributed by atoms with E-state index in [-0.39, 0.29) is 0 Å². The molecule has 44 valence electrons. The number of nitrogens with zero attached hydrogens (tertiary/aromatic N) is 1. The predicted molar refractivity (Wildman–Crippen MR) is 39.9 cm³/mol. The lowest BCUT2D eigenvalue weighted by Crippen LogP contribution is -1.76. The Hall–Kier alpha value is -0.810. The van der Waals surface area contributed by atoms with Crippen LogP contribution in [0.3, 0.4) is 0 Å². The molecule has 0 saturated carbocycles. The minimum Gasteiger partial charge on any atom is -0.263 e. The Morgan fingerprint density at radius 2 is 2.44 bits per heavy atom. The lowest BCUT2D eigenvalue weighted by atomic mass is 10.3. The van der Waals surface area contributed by atoms with Crippen molar-refractivity contribution in [1.82, 2.24) is 4.98 Å². The van der Waals surface area contributed by atoms with Gasteiger partial charge in [0.25, 0.3) is 0 Å². The fraction of sp³-hybridized carbons (Fsp3) is 0. The summed E-state index contributed by atoms with van der Waals surface area (Å²) < 4.78 is 0.868. The summed E-state index contributed by atoms with van der Waals surface area (Å²) in [6.07, 6.45) is 8.49. The highest BCUT2D eigenvalue weighted by molar-refractivity contribution is 9.10. The van der Waals surface area contributed by atoms with E-state index < -0.39 is 0 Å². The quantitative estimate of drug-likeness (QED) is 0.557. The van der Waals surface area contributed by atoms with Crippen LogP contribution in [0.2, 0.25) is 0 Å². The molecule has 0 N–H and O–H groups in total. The molecule has 0 amide bonds. The standard InChI is InChI=1S/C7H4BrN/c1-2-6-3-4-9-5-7(6)8/h1,3-5H. The smallest absolute Gasteiger partial charge is 0.0515 e. The van der Waals surface area contributed by atoms with E-state index in [0.717, 1.165) is 10.0 Å². The molecule has 0 aliphatic carbocycles. The lowest BCUT2D eigenvalue weighted by Gasteiger charge is -1.90.